The molecule has 198 valence electrons. The summed E-state index contributed by atoms with van der Waals surface area (Å²) in [7, 11) is 0.0165. The Hall–Kier alpha value is -0.440. The fourth-order valence-corrected chi connectivity index (χ4v) is 4.10. The lowest BCUT2D eigenvalue weighted by Gasteiger charge is -2.35. The maximum absolute atomic E-state index is 8.74. The van der Waals surface area contributed by atoms with Gasteiger partial charge in [0, 0.05) is 13.5 Å². The van der Waals surface area contributed by atoms with Crippen molar-refractivity contribution >= 4 is 8.53 Å². The van der Waals surface area contributed by atoms with Crippen molar-refractivity contribution in [3.8, 4) is 6.07 Å². The van der Waals surface area contributed by atoms with Gasteiger partial charge < -0.3 is 37.8 Å². The molecule has 1 unspecified atom stereocenters. The largest absolute Gasteiger partial charge is 0.394 e. The van der Waals surface area contributed by atoms with Crippen LogP contribution in [0.25, 0.3) is 0 Å². The van der Waals surface area contributed by atoms with Crippen LogP contribution in [0.5, 0.6) is 0 Å². The molecule has 10 nitrogen and oxygen atoms in total. The van der Waals surface area contributed by atoms with Crippen LogP contribution in [0.15, 0.2) is 0 Å². The Balaban J connectivity index is 0. The number of nitriles is 1. The molecule has 11 heteroatoms. The third kappa shape index (κ3) is 21.8. The van der Waals surface area contributed by atoms with E-state index in [1.165, 1.54) is 7.40 Å². The van der Waals surface area contributed by atoms with Gasteiger partial charge in [0.25, 0.3) is 8.53 Å². The minimum atomic E-state index is -1.23. The maximum atomic E-state index is 8.74. The van der Waals surface area contributed by atoms with E-state index < -0.39 is 8.53 Å². The van der Waals surface area contributed by atoms with E-state index in [4.69, 9.17) is 40.8 Å². The van der Waals surface area contributed by atoms with Crippen LogP contribution < -0.4 is 0 Å². The third-order valence-electron chi connectivity index (χ3n) is 3.81. The van der Waals surface area contributed by atoms with Crippen molar-refractivity contribution in [3.05, 3.63) is 0 Å². The Labute approximate surface area is 205 Å². The van der Waals surface area contributed by atoms with E-state index in [2.05, 4.69) is 43.5 Å². The molecule has 0 saturated heterocycles. The quantitative estimate of drug-likeness (QED) is 0.148. The molecule has 0 aromatic carbocycles. The molecule has 1 N–H and O–H groups in total. The van der Waals surface area contributed by atoms with E-state index in [0.717, 1.165) is 0 Å². The lowest BCUT2D eigenvalue weighted by Crippen LogP contribution is -2.34. The molecular weight excluding hydrogens is 451 g/mol. The molecule has 0 rings (SSSR count). The molecular formula is C22H47N2O8P. The van der Waals surface area contributed by atoms with Crippen molar-refractivity contribution in [1.29, 1.82) is 6.69 Å². The topological polar surface area (TPSA) is 112 Å². The van der Waals surface area contributed by atoms with Crippen molar-refractivity contribution in [3.63, 3.8) is 0 Å². The van der Waals surface area contributed by atoms with Crippen molar-refractivity contribution in [2.24, 2.45) is 0 Å². The fourth-order valence-electron chi connectivity index (χ4n) is 2.53. The van der Waals surface area contributed by atoms with Gasteiger partial charge >= 0.3 is 0 Å². The first kappa shape index (κ1) is 30.6. The van der Waals surface area contributed by atoms with Gasteiger partial charge in [-0.15, -0.1) is 0 Å². The fraction of sp³-hybridized carbons (Fsp3) is 0.955. The summed E-state index contributed by atoms with van der Waals surface area (Å²) >= 11 is 0. The van der Waals surface area contributed by atoms with Gasteiger partial charge in [-0.3, -0.25) is 0 Å². The molecule has 0 bridgehead atoms. The van der Waals surface area contributed by atoms with Gasteiger partial charge in [-0.2, -0.15) is 5.26 Å². The van der Waals surface area contributed by atoms with E-state index in [9.17, 15) is 0 Å². The lowest BCUT2D eigenvalue weighted by atomic mass is 10.3. The highest BCUT2D eigenvalue weighted by molar-refractivity contribution is 7.44. The van der Waals surface area contributed by atoms with Gasteiger partial charge in [0.1, 0.15) is 0 Å². The highest BCUT2D eigenvalue weighted by atomic mass is 31.2. The third-order valence-corrected chi connectivity index (χ3v) is 5.92. The maximum Gasteiger partial charge on any atom is 0.259 e. The van der Waals surface area contributed by atoms with Crippen LogP contribution in [0.2, 0.25) is 0 Å². The Morgan fingerprint density at radius 1 is 0.788 bits per heavy atom. The number of nitrogens with zero attached hydrogens (tertiary/aromatic N) is 2. The van der Waals surface area contributed by atoms with Crippen molar-refractivity contribution in [2.45, 2.75) is 53.6 Å². The second-order valence-corrected chi connectivity index (χ2v) is 8.60. The summed E-state index contributed by atoms with van der Waals surface area (Å²) in [4.78, 5) is 0. The van der Waals surface area contributed by atoms with E-state index in [1.54, 1.807) is 0 Å². The van der Waals surface area contributed by atoms with Crippen LogP contribution in [0.3, 0.4) is 0 Å². The number of hydrogen-bond acceptors (Lipinski definition) is 10. The van der Waals surface area contributed by atoms with Crippen LogP contribution in [-0.2, 0) is 32.7 Å². The van der Waals surface area contributed by atoms with Gasteiger partial charge in [0.15, 0.2) is 0 Å². The predicted molar refractivity (Wildman–Crippen MR) is 129 cm³/mol. The zero-order chi connectivity index (χ0) is 26.6. The molecule has 33 heavy (non-hydrogen) atoms. The molecule has 0 heterocycles. The molecule has 0 aromatic rings. The summed E-state index contributed by atoms with van der Waals surface area (Å²) in [5.41, 5.74) is 0. The van der Waals surface area contributed by atoms with Crippen molar-refractivity contribution in [2.75, 3.05) is 85.9 Å². The van der Waals surface area contributed by atoms with Crippen LogP contribution in [0, 0.1) is 11.3 Å². The highest BCUT2D eigenvalue weighted by Gasteiger charge is 2.26. The number of hydrogen-bond donors (Lipinski definition) is 1. The molecule has 0 aliphatic carbocycles. The number of aliphatic hydroxyl groups is 1. The van der Waals surface area contributed by atoms with Gasteiger partial charge in [-0.1, -0.05) is 7.40 Å². The van der Waals surface area contributed by atoms with Crippen LogP contribution in [0.1, 0.15) is 42.9 Å². The van der Waals surface area contributed by atoms with E-state index in [1.807, 2.05) is 0 Å². The number of aliphatic hydroxyl groups excluding tert-OH is 1. The van der Waals surface area contributed by atoms with E-state index in [-0.39, 0.29) is 18.7 Å². The van der Waals surface area contributed by atoms with Gasteiger partial charge in [-0.25, -0.2) is 4.67 Å². The Bertz CT molecular complexity index is 458. The lowest BCUT2D eigenvalue weighted by molar-refractivity contribution is -0.0149. The molecule has 0 amide bonds. The van der Waals surface area contributed by atoms with Crippen LogP contribution in [-0.4, -0.2) is 109 Å². The van der Waals surface area contributed by atoms with Crippen LogP contribution in [0.4, 0.5) is 0 Å². The highest BCUT2D eigenvalue weighted by Crippen LogP contribution is 2.45. The normalized spacial score (nSPS) is 12.9. The molecule has 1 atom stereocenters. The molecule has 0 aliphatic rings. The monoisotopic (exact) mass is 501 g/mol. The van der Waals surface area contributed by atoms with Crippen molar-refractivity contribution < 1.29 is 39.2 Å². The summed E-state index contributed by atoms with van der Waals surface area (Å²) in [6.07, 6.45) is 0.343. The Morgan fingerprint density at radius 3 is 1.58 bits per heavy atom. The average Bonchev–Trinajstić information content (AvgIpc) is 2.84. The van der Waals surface area contributed by atoms with Gasteiger partial charge in [0.05, 0.1) is 98.4 Å². The van der Waals surface area contributed by atoms with Gasteiger partial charge in [0.2, 0.25) is 1.43 Å². The Morgan fingerprint density at radius 2 is 1.18 bits per heavy atom. The smallest absolute Gasteiger partial charge is 0.259 e. The number of ether oxygens (including phenoxy) is 5. The zero-order valence-corrected chi connectivity index (χ0v) is 22.1. The second-order valence-electron chi connectivity index (χ2n) is 7.15. The van der Waals surface area contributed by atoms with Crippen LogP contribution >= 0.6 is 8.53 Å². The average molecular weight is 502 g/mol. The predicted octanol–water partition coefficient (Wildman–Crippen LogP) is 2.99. The molecule has 0 fully saturated rings. The zero-order valence-electron chi connectivity index (χ0n) is 23.2. The summed E-state index contributed by atoms with van der Waals surface area (Å²) < 4.78 is 53.2. The second kappa shape index (κ2) is 26.2. The summed E-state index contributed by atoms with van der Waals surface area (Å²) in [5, 5.41) is 12.9. The number of rotatable bonds is 25. The Kier molecular flexibility index (Phi) is 24.3. The first-order valence-electron chi connectivity index (χ1n) is 12.6. The standard InChI is InChI=1S/C21H43N2O8P.CH4/c1-20(2)23(21(3)4)32(30-8-5-6-22)31-19-18-29-17-16-28-15-14-27-13-12-26-11-10-25-9-7-24;/h20-21,24H,5,7-19H2,1-4H3;1H4/i24D;1T. The van der Waals surface area contributed by atoms with E-state index in [0.29, 0.717) is 85.7 Å². The first-order valence-corrected chi connectivity index (χ1v) is 12.4. The summed E-state index contributed by atoms with van der Waals surface area (Å²) in [6, 6.07) is 2.64. The van der Waals surface area contributed by atoms with Crippen molar-refractivity contribution in [1.82, 2.24) is 4.67 Å². The molecule has 0 aromatic heterocycles. The van der Waals surface area contributed by atoms with Gasteiger partial charge in [-0.05, 0) is 27.7 Å². The molecule has 0 saturated carbocycles. The van der Waals surface area contributed by atoms with E-state index >= 15 is 0 Å². The SMILES string of the molecule is [2H]OCCOCCOCCOCCOCCOCCOP(OCCC#N)N(C(C)C)C(C)C.[3H]C. The summed E-state index contributed by atoms with van der Waals surface area (Å²) in [5.74, 6) is 0. The summed E-state index contributed by atoms with van der Waals surface area (Å²) in [6.45, 7) is 14.2. The molecule has 0 spiro atoms. The molecule has 0 radical (unpaired) electrons. The minimum Gasteiger partial charge on any atom is -0.394 e. The minimum absolute atomic E-state index is 0.262. The molecule has 0 aliphatic heterocycles. The first-order chi connectivity index (χ1) is 17.0.